The molecular weight excluding hydrogens is 197 g/mol. The third-order valence-corrected chi connectivity index (χ3v) is 2.08. The molecule has 0 saturated heterocycles. The zero-order valence-electron chi connectivity index (χ0n) is 9.46. The van der Waals surface area contributed by atoms with Crippen molar-refractivity contribution in [3.8, 4) is 0 Å². The molecule has 0 N–H and O–H groups in total. The molecule has 1 rings (SSSR count). The van der Waals surface area contributed by atoms with Crippen LogP contribution in [0.4, 0.5) is 5.69 Å². The number of rotatable bonds is 1. The Hall–Kier alpha value is 0.396. The molecule has 0 aliphatic carbocycles. The van der Waals surface area contributed by atoms with Crippen LogP contribution in [-0.4, -0.2) is 6.72 Å². The molecular formula is C12H15KN-. The third-order valence-electron chi connectivity index (χ3n) is 2.08. The van der Waals surface area contributed by atoms with Crippen LogP contribution in [0, 0.1) is 6.92 Å². The molecule has 0 unspecified atom stereocenters. The van der Waals surface area contributed by atoms with Crippen molar-refractivity contribution in [2.75, 3.05) is 0 Å². The first-order valence-electron chi connectivity index (χ1n) is 4.32. The van der Waals surface area contributed by atoms with Gasteiger partial charge in [0.2, 0.25) is 0 Å². The van der Waals surface area contributed by atoms with E-state index in [1.165, 1.54) is 5.56 Å². The maximum atomic E-state index is 5.19. The Morgan fingerprint density at radius 2 is 1.86 bits per heavy atom. The van der Waals surface area contributed by atoms with Gasteiger partial charge in [0.05, 0.1) is 0 Å². The van der Waals surface area contributed by atoms with Gasteiger partial charge in [0.25, 0.3) is 0 Å². The molecule has 2 heteroatoms. The summed E-state index contributed by atoms with van der Waals surface area (Å²) >= 11 is 0. The quantitative estimate of drug-likeness (QED) is 0.362. The molecule has 0 atom stereocenters. The van der Waals surface area contributed by atoms with E-state index < -0.39 is 0 Å². The first kappa shape index (κ1) is 14.4. The van der Waals surface area contributed by atoms with Crippen LogP contribution in [0.1, 0.15) is 31.9 Å². The van der Waals surface area contributed by atoms with E-state index in [4.69, 9.17) is 6.72 Å². The molecule has 0 heterocycles. The van der Waals surface area contributed by atoms with Crippen LogP contribution in [-0.2, 0) is 5.41 Å². The molecule has 70 valence electrons. The summed E-state index contributed by atoms with van der Waals surface area (Å²) in [7, 11) is 0. The standard InChI is InChI=1S/C12H15N.K/c1-9-8-10(12(2,3)4)6-7-11(9)13-5;/h5-8H,1H2,2-4H3;/q-2;+1. The second-order valence-electron chi connectivity index (χ2n) is 4.22. The summed E-state index contributed by atoms with van der Waals surface area (Å²) in [5.41, 5.74) is 3.05. The number of nitrogens with zero attached hydrogens (tertiary/aromatic N) is 1. The average molecular weight is 212 g/mol. The van der Waals surface area contributed by atoms with Crippen LogP contribution in [0.2, 0.25) is 0 Å². The molecule has 0 bridgehead atoms. The van der Waals surface area contributed by atoms with Gasteiger partial charge in [0.15, 0.2) is 0 Å². The molecule has 0 aliphatic heterocycles. The second kappa shape index (κ2) is 5.47. The van der Waals surface area contributed by atoms with Crippen molar-refractivity contribution < 1.29 is 51.4 Å². The van der Waals surface area contributed by atoms with Gasteiger partial charge in [-0.25, -0.2) is 0 Å². The van der Waals surface area contributed by atoms with Gasteiger partial charge in [-0.15, -0.1) is 0 Å². The van der Waals surface area contributed by atoms with Crippen LogP contribution >= 0.6 is 0 Å². The summed E-state index contributed by atoms with van der Waals surface area (Å²) in [6, 6.07) is 5.98. The van der Waals surface area contributed by atoms with Crippen molar-refractivity contribution in [1.29, 1.82) is 0 Å². The minimum atomic E-state index is 0. The Balaban J connectivity index is 0.00000169. The molecule has 0 saturated carbocycles. The van der Waals surface area contributed by atoms with E-state index in [1.807, 2.05) is 18.2 Å². The van der Waals surface area contributed by atoms with Crippen molar-refractivity contribution in [3.63, 3.8) is 0 Å². The third kappa shape index (κ3) is 3.52. The maximum absolute atomic E-state index is 5.19. The summed E-state index contributed by atoms with van der Waals surface area (Å²) in [6.07, 6.45) is 0. The fourth-order valence-electron chi connectivity index (χ4n) is 1.18. The van der Waals surface area contributed by atoms with Crippen molar-refractivity contribution in [2.24, 2.45) is 4.99 Å². The number of aliphatic imine (C=N–C) groups is 1. The van der Waals surface area contributed by atoms with Crippen molar-refractivity contribution in [3.05, 3.63) is 36.2 Å². The van der Waals surface area contributed by atoms with Gasteiger partial charge in [-0.3, -0.25) is 0 Å². The van der Waals surface area contributed by atoms with E-state index in [2.05, 4.69) is 32.7 Å². The minimum Gasteiger partial charge on any atom is -0.431 e. The summed E-state index contributed by atoms with van der Waals surface area (Å²) < 4.78 is 0. The number of hydrogen-bond acceptors (Lipinski definition) is 1. The van der Waals surface area contributed by atoms with Crippen molar-refractivity contribution in [1.82, 2.24) is 0 Å². The van der Waals surface area contributed by atoms with Gasteiger partial charge in [0, 0.05) is 0 Å². The number of hydrogen-bond donors (Lipinski definition) is 0. The first-order chi connectivity index (χ1) is 5.95. The molecule has 0 amide bonds. The van der Waals surface area contributed by atoms with Crippen LogP contribution < -0.4 is 51.4 Å². The van der Waals surface area contributed by atoms with Gasteiger partial charge >= 0.3 is 51.4 Å². The monoisotopic (exact) mass is 212 g/mol. The zero-order chi connectivity index (χ0) is 10.1. The molecule has 1 aromatic carbocycles. The van der Waals surface area contributed by atoms with Crippen LogP contribution in [0.25, 0.3) is 0 Å². The maximum Gasteiger partial charge on any atom is 1.00 e. The van der Waals surface area contributed by atoms with E-state index >= 15 is 0 Å². The Morgan fingerprint density at radius 3 is 2.21 bits per heavy atom. The minimum absolute atomic E-state index is 0. The van der Waals surface area contributed by atoms with E-state index in [-0.39, 0.29) is 56.8 Å². The van der Waals surface area contributed by atoms with Gasteiger partial charge in [0.1, 0.15) is 0 Å². The van der Waals surface area contributed by atoms with Crippen LogP contribution in [0.15, 0.2) is 23.2 Å². The number of benzene rings is 1. The van der Waals surface area contributed by atoms with Crippen molar-refractivity contribution >= 4 is 12.4 Å². The molecule has 0 radical (unpaired) electrons. The van der Waals surface area contributed by atoms with Gasteiger partial charge in [-0.2, -0.15) is 25.3 Å². The topological polar surface area (TPSA) is 12.4 Å². The fourth-order valence-corrected chi connectivity index (χ4v) is 1.18. The Bertz CT molecular complexity index is 324. The van der Waals surface area contributed by atoms with Crippen LogP contribution in [0.3, 0.4) is 0 Å². The smallest absolute Gasteiger partial charge is 0.431 e. The molecule has 0 fully saturated rings. The second-order valence-corrected chi connectivity index (χ2v) is 4.22. The summed E-state index contributed by atoms with van der Waals surface area (Å²) in [5, 5.41) is 0. The molecule has 1 aromatic rings. The summed E-state index contributed by atoms with van der Waals surface area (Å²) in [4.78, 5) is 3.63. The first-order valence-corrected chi connectivity index (χ1v) is 4.32. The molecule has 0 aliphatic rings. The molecule has 1 nitrogen and oxygen atoms in total. The molecule has 0 aromatic heterocycles. The van der Waals surface area contributed by atoms with Crippen molar-refractivity contribution in [2.45, 2.75) is 26.2 Å². The van der Waals surface area contributed by atoms with E-state index in [1.54, 1.807) is 0 Å². The Kier molecular flexibility index (Phi) is 5.63. The molecule has 0 spiro atoms. The summed E-state index contributed by atoms with van der Waals surface area (Å²) in [6.45, 7) is 15.6. The van der Waals surface area contributed by atoms with E-state index in [0.29, 0.717) is 0 Å². The Labute approximate surface area is 129 Å². The predicted octanol–water partition coefficient (Wildman–Crippen LogP) is 0.379. The SMILES string of the molecule is [CH-]=Nc1ccc(C(C)(C)C)cc1[CH2-].[K+]. The van der Waals surface area contributed by atoms with E-state index in [0.717, 1.165) is 11.3 Å². The average Bonchev–Trinajstić information content (AvgIpc) is 2.02. The van der Waals surface area contributed by atoms with Crippen LogP contribution in [0.5, 0.6) is 0 Å². The molecule has 14 heavy (non-hydrogen) atoms. The zero-order valence-corrected chi connectivity index (χ0v) is 12.6. The normalized spacial score (nSPS) is 10.5. The predicted molar refractivity (Wildman–Crippen MR) is 57.8 cm³/mol. The van der Waals surface area contributed by atoms with Gasteiger partial charge < -0.3 is 4.99 Å². The van der Waals surface area contributed by atoms with E-state index in [9.17, 15) is 0 Å². The van der Waals surface area contributed by atoms with Gasteiger partial charge in [-0.1, -0.05) is 44.2 Å². The fraction of sp³-hybridized carbons (Fsp3) is 0.333. The van der Waals surface area contributed by atoms with Gasteiger partial charge in [-0.05, 0) is 5.41 Å². The Morgan fingerprint density at radius 1 is 1.29 bits per heavy atom. The largest absolute Gasteiger partial charge is 1.00 e. The summed E-state index contributed by atoms with van der Waals surface area (Å²) in [5.74, 6) is 0.